The zero-order chi connectivity index (χ0) is 18.9. The second-order valence-corrected chi connectivity index (χ2v) is 6.10. The van der Waals surface area contributed by atoms with Crippen LogP contribution in [0.1, 0.15) is 30.0 Å². The Morgan fingerprint density at radius 3 is 2.23 bits per heavy atom. The van der Waals surface area contributed by atoms with Gasteiger partial charge in [-0.2, -0.15) is 13.2 Å². The maximum Gasteiger partial charge on any atom is 0.416 e. The summed E-state index contributed by atoms with van der Waals surface area (Å²) in [7, 11) is 0. The summed E-state index contributed by atoms with van der Waals surface area (Å²) in [6.07, 6.45) is -4.27. The standard InChI is InChI=1S/C19H17F3N2O2/c1-2-18(14-9-4-3-5-10-14)16(25)24(17(26)23-18)12-13-8-6-7-11-15(13)19(20,21)22/h3-11H,2,12H2,1H3,(H,23,26). The molecular formula is C19H17F3N2O2. The third-order valence-corrected chi connectivity index (χ3v) is 4.62. The molecule has 136 valence electrons. The van der Waals surface area contributed by atoms with E-state index >= 15 is 0 Å². The Morgan fingerprint density at radius 2 is 1.62 bits per heavy atom. The van der Waals surface area contributed by atoms with E-state index in [0.29, 0.717) is 12.0 Å². The van der Waals surface area contributed by atoms with Gasteiger partial charge in [0.25, 0.3) is 5.91 Å². The highest BCUT2D eigenvalue weighted by atomic mass is 19.4. The van der Waals surface area contributed by atoms with Gasteiger partial charge in [-0.1, -0.05) is 55.5 Å². The van der Waals surface area contributed by atoms with Crippen molar-refractivity contribution in [2.45, 2.75) is 31.6 Å². The first-order valence-electron chi connectivity index (χ1n) is 8.14. The zero-order valence-corrected chi connectivity index (χ0v) is 14.0. The molecule has 0 bridgehead atoms. The number of urea groups is 1. The molecule has 1 aliphatic heterocycles. The zero-order valence-electron chi connectivity index (χ0n) is 14.0. The molecule has 0 spiro atoms. The quantitative estimate of drug-likeness (QED) is 0.834. The van der Waals surface area contributed by atoms with Gasteiger partial charge in [0.05, 0.1) is 12.1 Å². The highest BCUT2D eigenvalue weighted by molar-refractivity contribution is 6.07. The predicted octanol–water partition coefficient (Wildman–Crippen LogP) is 4.06. The highest BCUT2D eigenvalue weighted by Gasteiger charge is 2.51. The van der Waals surface area contributed by atoms with Gasteiger partial charge in [-0.15, -0.1) is 0 Å². The smallest absolute Gasteiger partial charge is 0.319 e. The minimum absolute atomic E-state index is 0.122. The van der Waals surface area contributed by atoms with E-state index in [1.807, 2.05) is 0 Å². The summed E-state index contributed by atoms with van der Waals surface area (Å²) in [6.45, 7) is 1.31. The second-order valence-electron chi connectivity index (χ2n) is 6.10. The van der Waals surface area contributed by atoms with Gasteiger partial charge >= 0.3 is 12.2 Å². The van der Waals surface area contributed by atoms with Crippen molar-refractivity contribution < 1.29 is 22.8 Å². The molecule has 0 aliphatic carbocycles. The van der Waals surface area contributed by atoms with Gasteiger partial charge in [0.2, 0.25) is 0 Å². The number of amides is 3. The number of nitrogens with zero attached hydrogens (tertiary/aromatic N) is 1. The molecule has 1 fully saturated rings. The first-order chi connectivity index (χ1) is 12.3. The molecule has 4 nitrogen and oxygen atoms in total. The second kappa shape index (κ2) is 6.48. The Hall–Kier alpha value is -2.83. The van der Waals surface area contributed by atoms with Crippen molar-refractivity contribution in [3.8, 4) is 0 Å². The van der Waals surface area contributed by atoms with E-state index in [4.69, 9.17) is 0 Å². The van der Waals surface area contributed by atoms with Gasteiger partial charge in [0, 0.05) is 0 Å². The molecule has 7 heteroatoms. The molecule has 1 atom stereocenters. The van der Waals surface area contributed by atoms with Crippen LogP contribution >= 0.6 is 0 Å². The van der Waals surface area contributed by atoms with E-state index in [2.05, 4.69) is 5.32 Å². The van der Waals surface area contributed by atoms with Gasteiger partial charge in [-0.25, -0.2) is 4.79 Å². The normalized spacial score (nSPS) is 20.4. The Kier molecular flexibility index (Phi) is 4.48. The van der Waals surface area contributed by atoms with Crippen molar-refractivity contribution in [2.75, 3.05) is 0 Å². The summed E-state index contributed by atoms with van der Waals surface area (Å²) in [5, 5.41) is 2.67. The number of hydrogen-bond acceptors (Lipinski definition) is 2. The molecule has 3 rings (SSSR count). The SMILES string of the molecule is CCC1(c2ccccc2)NC(=O)N(Cc2ccccc2C(F)(F)F)C1=O. The molecule has 1 N–H and O–H groups in total. The average molecular weight is 362 g/mol. The Morgan fingerprint density at radius 1 is 1.00 bits per heavy atom. The Bertz CT molecular complexity index is 836. The third kappa shape index (κ3) is 2.94. The van der Waals surface area contributed by atoms with Gasteiger partial charge in [-0.3, -0.25) is 9.69 Å². The summed E-state index contributed by atoms with van der Waals surface area (Å²) in [4.78, 5) is 26.3. The molecular weight excluding hydrogens is 345 g/mol. The van der Waals surface area contributed by atoms with E-state index in [1.54, 1.807) is 37.3 Å². The molecule has 1 saturated heterocycles. The number of benzene rings is 2. The van der Waals surface area contributed by atoms with Crippen molar-refractivity contribution in [1.29, 1.82) is 0 Å². The largest absolute Gasteiger partial charge is 0.416 e. The predicted molar refractivity (Wildman–Crippen MR) is 88.9 cm³/mol. The molecule has 1 aliphatic rings. The number of hydrogen-bond donors (Lipinski definition) is 1. The topological polar surface area (TPSA) is 49.4 Å². The van der Waals surface area contributed by atoms with Gasteiger partial charge in [0.1, 0.15) is 5.54 Å². The number of halogens is 3. The van der Waals surface area contributed by atoms with Crippen LogP contribution in [0, 0.1) is 0 Å². The van der Waals surface area contributed by atoms with Crippen molar-refractivity contribution in [2.24, 2.45) is 0 Å². The highest BCUT2D eigenvalue weighted by Crippen LogP contribution is 2.36. The maximum absolute atomic E-state index is 13.2. The maximum atomic E-state index is 13.2. The molecule has 1 heterocycles. The third-order valence-electron chi connectivity index (χ3n) is 4.62. The molecule has 0 radical (unpaired) electrons. The molecule has 3 amide bonds. The lowest BCUT2D eigenvalue weighted by molar-refractivity contribution is -0.139. The monoisotopic (exact) mass is 362 g/mol. The van der Waals surface area contributed by atoms with E-state index in [-0.39, 0.29) is 5.56 Å². The van der Waals surface area contributed by atoms with E-state index in [1.165, 1.54) is 18.2 Å². The number of alkyl halides is 3. The van der Waals surface area contributed by atoms with Crippen LogP contribution in [-0.4, -0.2) is 16.8 Å². The van der Waals surface area contributed by atoms with Crippen molar-refractivity contribution in [1.82, 2.24) is 10.2 Å². The Balaban J connectivity index is 1.97. The van der Waals surface area contributed by atoms with Crippen molar-refractivity contribution >= 4 is 11.9 Å². The van der Waals surface area contributed by atoms with E-state index < -0.39 is 35.8 Å². The van der Waals surface area contributed by atoms with Crippen molar-refractivity contribution in [3.05, 3.63) is 71.3 Å². The Labute approximate surface area is 148 Å². The summed E-state index contributed by atoms with van der Waals surface area (Å²) in [5.41, 5.74) is -1.63. The van der Waals surface area contributed by atoms with Crippen LogP contribution in [0.2, 0.25) is 0 Å². The van der Waals surface area contributed by atoms with Crippen LogP contribution < -0.4 is 5.32 Å². The summed E-state index contributed by atoms with van der Waals surface area (Å²) in [6, 6.07) is 13.0. The van der Waals surface area contributed by atoms with Crippen LogP contribution in [0.15, 0.2) is 54.6 Å². The van der Waals surface area contributed by atoms with Crippen LogP contribution in [-0.2, 0) is 23.1 Å². The fourth-order valence-electron chi connectivity index (χ4n) is 3.24. The molecule has 0 aromatic heterocycles. The molecule has 26 heavy (non-hydrogen) atoms. The van der Waals surface area contributed by atoms with Crippen LogP contribution in [0.3, 0.4) is 0 Å². The fourth-order valence-corrected chi connectivity index (χ4v) is 3.24. The summed E-state index contributed by atoms with van der Waals surface area (Å²) in [5.74, 6) is -0.548. The minimum atomic E-state index is -4.56. The molecule has 2 aromatic carbocycles. The summed E-state index contributed by atoms with van der Waals surface area (Å²) < 4.78 is 39.6. The summed E-state index contributed by atoms with van der Waals surface area (Å²) >= 11 is 0. The molecule has 0 saturated carbocycles. The number of nitrogens with one attached hydrogen (secondary N) is 1. The lowest BCUT2D eigenvalue weighted by atomic mass is 9.87. The first kappa shape index (κ1) is 18.0. The fraction of sp³-hybridized carbons (Fsp3) is 0.263. The lowest BCUT2D eigenvalue weighted by Gasteiger charge is -2.26. The molecule has 1 unspecified atom stereocenters. The minimum Gasteiger partial charge on any atom is -0.319 e. The number of rotatable bonds is 4. The number of imide groups is 1. The number of carbonyl (C=O) groups is 2. The van der Waals surface area contributed by atoms with Gasteiger partial charge < -0.3 is 5.32 Å². The van der Waals surface area contributed by atoms with Gasteiger partial charge in [-0.05, 0) is 23.6 Å². The number of carbonyl (C=O) groups excluding carboxylic acids is 2. The first-order valence-corrected chi connectivity index (χ1v) is 8.14. The van der Waals surface area contributed by atoms with E-state index in [9.17, 15) is 22.8 Å². The van der Waals surface area contributed by atoms with Gasteiger partial charge in [0.15, 0.2) is 0 Å². The average Bonchev–Trinajstić information content (AvgIpc) is 2.87. The van der Waals surface area contributed by atoms with Crippen LogP contribution in [0.25, 0.3) is 0 Å². The van der Waals surface area contributed by atoms with Crippen molar-refractivity contribution in [3.63, 3.8) is 0 Å². The van der Waals surface area contributed by atoms with Crippen LogP contribution in [0.5, 0.6) is 0 Å². The van der Waals surface area contributed by atoms with Crippen LogP contribution in [0.4, 0.5) is 18.0 Å². The molecule has 2 aromatic rings. The van der Waals surface area contributed by atoms with E-state index in [0.717, 1.165) is 11.0 Å². The lowest BCUT2D eigenvalue weighted by Crippen LogP contribution is -2.43.